The Kier molecular flexibility index (Phi) is 5.48. The highest BCUT2D eigenvalue weighted by atomic mass is 16.6. The Morgan fingerprint density at radius 1 is 1.14 bits per heavy atom. The van der Waals surface area contributed by atoms with Gasteiger partial charge in [-0.3, -0.25) is 14.9 Å². The molecule has 1 amide bonds. The molecule has 114 valence electrons. The van der Waals surface area contributed by atoms with Gasteiger partial charge in [0.15, 0.2) is 0 Å². The molecule has 0 aliphatic carbocycles. The van der Waals surface area contributed by atoms with Crippen LogP contribution in [0.25, 0.3) is 0 Å². The Labute approximate surface area is 127 Å². The number of amides is 1. The highest BCUT2D eigenvalue weighted by molar-refractivity contribution is 5.94. The second-order valence-corrected chi connectivity index (χ2v) is 4.58. The summed E-state index contributed by atoms with van der Waals surface area (Å²) in [5.74, 6) is 0.455. The predicted molar refractivity (Wildman–Crippen MR) is 82.0 cm³/mol. The van der Waals surface area contributed by atoms with Crippen molar-refractivity contribution in [1.82, 2.24) is 5.32 Å². The third-order valence-corrected chi connectivity index (χ3v) is 2.94. The van der Waals surface area contributed by atoms with Crippen molar-refractivity contribution in [3.63, 3.8) is 0 Å². The average molecular weight is 300 g/mol. The first-order valence-electron chi connectivity index (χ1n) is 6.87. The highest BCUT2D eigenvalue weighted by Gasteiger charge is 2.10. The van der Waals surface area contributed by atoms with Crippen LogP contribution in [0.15, 0.2) is 54.6 Å². The molecule has 0 radical (unpaired) electrons. The van der Waals surface area contributed by atoms with Gasteiger partial charge in [0, 0.05) is 24.2 Å². The van der Waals surface area contributed by atoms with Crippen LogP contribution in [0.4, 0.5) is 5.69 Å². The van der Waals surface area contributed by atoms with Gasteiger partial charge in [0.05, 0.1) is 11.5 Å². The number of nitro groups is 1. The maximum atomic E-state index is 11.9. The molecule has 0 bridgehead atoms. The molecule has 2 aromatic carbocycles. The van der Waals surface area contributed by atoms with E-state index in [1.165, 1.54) is 18.2 Å². The van der Waals surface area contributed by atoms with E-state index in [4.69, 9.17) is 4.74 Å². The molecule has 0 atom stereocenters. The van der Waals surface area contributed by atoms with Crippen LogP contribution in [-0.2, 0) is 0 Å². The number of para-hydroxylation sites is 1. The Hall–Kier alpha value is -2.89. The SMILES string of the molecule is O=C(NCCCOc1ccccc1)c1cccc([N+](=O)[O-])c1. The quantitative estimate of drug-likeness (QED) is 0.484. The van der Waals surface area contributed by atoms with E-state index < -0.39 is 4.92 Å². The van der Waals surface area contributed by atoms with Gasteiger partial charge in [0.2, 0.25) is 0 Å². The van der Waals surface area contributed by atoms with Crippen molar-refractivity contribution < 1.29 is 14.5 Å². The molecule has 0 aliphatic heterocycles. The fourth-order valence-electron chi connectivity index (χ4n) is 1.84. The zero-order chi connectivity index (χ0) is 15.8. The number of nitrogens with zero attached hydrogens (tertiary/aromatic N) is 1. The van der Waals surface area contributed by atoms with E-state index in [2.05, 4.69) is 5.32 Å². The lowest BCUT2D eigenvalue weighted by atomic mass is 10.2. The summed E-state index contributed by atoms with van der Waals surface area (Å²) in [7, 11) is 0. The molecule has 0 unspecified atom stereocenters. The van der Waals surface area contributed by atoms with E-state index in [-0.39, 0.29) is 17.2 Å². The van der Waals surface area contributed by atoms with Crippen molar-refractivity contribution in [3.05, 3.63) is 70.3 Å². The molecule has 6 heteroatoms. The number of carbonyl (C=O) groups excluding carboxylic acids is 1. The zero-order valence-electron chi connectivity index (χ0n) is 11.9. The van der Waals surface area contributed by atoms with Gasteiger partial charge in [-0.2, -0.15) is 0 Å². The van der Waals surface area contributed by atoms with Gasteiger partial charge >= 0.3 is 0 Å². The number of nitro benzene ring substituents is 1. The summed E-state index contributed by atoms with van der Waals surface area (Å²) in [6.07, 6.45) is 0.648. The molecular weight excluding hydrogens is 284 g/mol. The lowest BCUT2D eigenvalue weighted by Crippen LogP contribution is -2.25. The van der Waals surface area contributed by atoms with Crippen LogP contribution >= 0.6 is 0 Å². The second-order valence-electron chi connectivity index (χ2n) is 4.58. The number of hydrogen-bond acceptors (Lipinski definition) is 4. The van der Waals surface area contributed by atoms with E-state index in [1.54, 1.807) is 6.07 Å². The number of nitrogens with one attached hydrogen (secondary N) is 1. The Bertz CT molecular complexity index is 644. The zero-order valence-corrected chi connectivity index (χ0v) is 11.9. The van der Waals surface area contributed by atoms with E-state index in [0.29, 0.717) is 19.6 Å². The number of hydrogen-bond donors (Lipinski definition) is 1. The molecule has 0 heterocycles. The van der Waals surface area contributed by atoms with E-state index in [1.807, 2.05) is 30.3 Å². The minimum Gasteiger partial charge on any atom is -0.494 e. The Morgan fingerprint density at radius 3 is 2.64 bits per heavy atom. The Morgan fingerprint density at radius 2 is 1.91 bits per heavy atom. The summed E-state index contributed by atoms with van der Waals surface area (Å²) in [6.45, 7) is 0.924. The molecular formula is C16H16N2O4. The lowest BCUT2D eigenvalue weighted by molar-refractivity contribution is -0.384. The summed E-state index contributed by atoms with van der Waals surface area (Å²) in [5, 5.41) is 13.4. The molecule has 2 rings (SSSR count). The van der Waals surface area contributed by atoms with Crippen molar-refractivity contribution in [2.45, 2.75) is 6.42 Å². The summed E-state index contributed by atoms with van der Waals surface area (Å²) >= 11 is 0. The maximum Gasteiger partial charge on any atom is 0.270 e. The minimum absolute atomic E-state index is 0.0972. The van der Waals surface area contributed by atoms with Crippen molar-refractivity contribution in [2.75, 3.05) is 13.2 Å². The van der Waals surface area contributed by atoms with Crippen LogP contribution < -0.4 is 10.1 Å². The van der Waals surface area contributed by atoms with Crippen molar-refractivity contribution in [2.24, 2.45) is 0 Å². The van der Waals surface area contributed by atoms with Crippen LogP contribution in [0, 0.1) is 10.1 Å². The smallest absolute Gasteiger partial charge is 0.270 e. The predicted octanol–water partition coefficient (Wildman–Crippen LogP) is 2.79. The third kappa shape index (κ3) is 4.59. The summed E-state index contributed by atoms with van der Waals surface area (Å²) in [4.78, 5) is 22.0. The minimum atomic E-state index is -0.523. The average Bonchev–Trinajstić information content (AvgIpc) is 2.55. The van der Waals surface area contributed by atoms with Gasteiger partial charge in [-0.25, -0.2) is 0 Å². The molecule has 0 aromatic heterocycles. The van der Waals surface area contributed by atoms with E-state index in [9.17, 15) is 14.9 Å². The van der Waals surface area contributed by atoms with Gasteiger partial charge in [0.25, 0.3) is 11.6 Å². The molecule has 1 N–H and O–H groups in total. The summed E-state index contributed by atoms with van der Waals surface area (Å²) in [6, 6.07) is 15.1. The van der Waals surface area contributed by atoms with Crippen molar-refractivity contribution in [3.8, 4) is 5.75 Å². The van der Waals surface area contributed by atoms with Crippen molar-refractivity contribution in [1.29, 1.82) is 0 Å². The first kappa shape index (κ1) is 15.5. The third-order valence-electron chi connectivity index (χ3n) is 2.94. The van der Waals surface area contributed by atoms with Gasteiger partial charge in [0.1, 0.15) is 5.75 Å². The monoisotopic (exact) mass is 300 g/mol. The fourth-order valence-corrected chi connectivity index (χ4v) is 1.84. The van der Waals surface area contributed by atoms with Gasteiger partial charge in [-0.05, 0) is 24.6 Å². The van der Waals surface area contributed by atoms with Gasteiger partial charge in [-0.15, -0.1) is 0 Å². The van der Waals surface area contributed by atoms with Crippen molar-refractivity contribution >= 4 is 11.6 Å². The molecule has 6 nitrogen and oxygen atoms in total. The number of benzene rings is 2. The van der Waals surface area contributed by atoms with E-state index >= 15 is 0 Å². The first-order chi connectivity index (χ1) is 10.7. The Balaban J connectivity index is 1.74. The van der Waals surface area contributed by atoms with E-state index in [0.717, 1.165) is 5.75 Å². The molecule has 22 heavy (non-hydrogen) atoms. The van der Waals surface area contributed by atoms with Gasteiger partial charge < -0.3 is 10.1 Å². The fraction of sp³-hybridized carbons (Fsp3) is 0.188. The number of ether oxygens (including phenoxy) is 1. The summed E-state index contributed by atoms with van der Waals surface area (Å²) < 4.78 is 5.50. The number of non-ortho nitro benzene ring substituents is 1. The highest BCUT2D eigenvalue weighted by Crippen LogP contribution is 2.13. The molecule has 0 fully saturated rings. The molecule has 0 spiro atoms. The number of carbonyl (C=O) groups is 1. The van der Waals surface area contributed by atoms with Crippen LogP contribution in [-0.4, -0.2) is 24.0 Å². The summed E-state index contributed by atoms with van der Waals surface area (Å²) in [5.41, 5.74) is 0.179. The maximum absolute atomic E-state index is 11.9. The topological polar surface area (TPSA) is 81.5 Å². The number of rotatable bonds is 7. The first-order valence-corrected chi connectivity index (χ1v) is 6.87. The van der Waals surface area contributed by atoms with Gasteiger partial charge in [-0.1, -0.05) is 24.3 Å². The normalized spacial score (nSPS) is 10.0. The molecule has 0 aliphatic rings. The van der Waals surface area contributed by atoms with Crippen LogP contribution in [0.2, 0.25) is 0 Å². The largest absolute Gasteiger partial charge is 0.494 e. The van der Waals surface area contributed by atoms with Crippen LogP contribution in [0.3, 0.4) is 0 Å². The molecule has 2 aromatic rings. The molecule has 0 saturated carbocycles. The van der Waals surface area contributed by atoms with Crippen LogP contribution in [0.5, 0.6) is 5.75 Å². The standard InChI is InChI=1S/C16H16N2O4/c19-16(13-6-4-7-14(12-13)18(20)21)17-10-5-11-22-15-8-2-1-3-9-15/h1-4,6-9,12H,5,10-11H2,(H,17,19). The second kappa shape index (κ2) is 7.78. The lowest BCUT2D eigenvalue weighted by Gasteiger charge is -2.07. The molecule has 0 saturated heterocycles. The van der Waals surface area contributed by atoms with Crippen LogP contribution in [0.1, 0.15) is 16.8 Å².